The Labute approximate surface area is 249 Å². The van der Waals surface area contributed by atoms with E-state index in [0.29, 0.717) is 36.4 Å². The first-order chi connectivity index (χ1) is 18.7. The fourth-order valence-corrected chi connectivity index (χ4v) is 5.16. The Morgan fingerprint density at radius 1 is 1.10 bits per heavy atom. The number of carbonyl (C=O) groups excluding carboxylic acids is 3. The second-order valence-electron chi connectivity index (χ2n) is 8.50. The van der Waals surface area contributed by atoms with Crippen molar-refractivity contribution in [2.75, 3.05) is 19.0 Å². The van der Waals surface area contributed by atoms with Gasteiger partial charge in [0.05, 0.1) is 10.7 Å². The number of imide groups is 1. The Kier molecular flexibility index (Phi) is 9.36. The van der Waals surface area contributed by atoms with Crippen molar-refractivity contribution in [1.82, 2.24) is 10.2 Å². The number of para-hydroxylation sites is 1. The Bertz CT molecular complexity index is 1480. The number of benzene rings is 3. The molecule has 0 aliphatic carbocycles. The monoisotopic (exact) mass is 679 g/mol. The van der Waals surface area contributed by atoms with Gasteiger partial charge >= 0.3 is 6.03 Å². The van der Waals surface area contributed by atoms with Crippen LogP contribution in [0.4, 0.5) is 10.5 Å². The van der Waals surface area contributed by atoms with Crippen LogP contribution in [-0.4, -0.2) is 36.4 Å². The van der Waals surface area contributed by atoms with Gasteiger partial charge in [0.2, 0.25) is 5.91 Å². The average Bonchev–Trinajstić information content (AvgIpc) is 3.16. The van der Waals surface area contributed by atoms with E-state index in [-0.39, 0.29) is 12.3 Å². The topological polar surface area (TPSA) is 97.0 Å². The maximum absolute atomic E-state index is 13.0. The number of anilines is 1. The second-order valence-corrected chi connectivity index (χ2v) is 10.5. The number of hydrogen-bond donors (Lipinski definition) is 2. The summed E-state index contributed by atoms with van der Waals surface area (Å²) in [5.74, 6) is -0.148. The maximum Gasteiger partial charge on any atom is 0.329 e. The first-order valence-electron chi connectivity index (χ1n) is 11.9. The van der Waals surface area contributed by atoms with Gasteiger partial charge in [-0.05, 0) is 76.5 Å². The minimum absolute atomic E-state index is 0.0428. The molecule has 0 unspecified atom stereocenters. The fraction of sp³-hybridized carbons (Fsp3) is 0.179. The molecule has 4 rings (SSSR count). The zero-order chi connectivity index (χ0) is 28.1. The molecule has 0 saturated carbocycles. The van der Waals surface area contributed by atoms with E-state index in [4.69, 9.17) is 32.7 Å². The van der Waals surface area contributed by atoms with E-state index in [1.165, 1.54) is 13.2 Å². The summed E-state index contributed by atoms with van der Waals surface area (Å²) in [6, 6.07) is 15.3. The van der Waals surface area contributed by atoms with Crippen molar-refractivity contribution in [2.24, 2.45) is 0 Å². The Hall–Kier alpha value is -3.28. The van der Waals surface area contributed by atoms with Crippen molar-refractivity contribution in [2.45, 2.75) is 20.0 Å². The molecule has 8 nitrogen and oxygen atoms in total. The number of ether oxygens (including phenoxy) is 2. The molecule has 0 radical (unpaired) electrons. The maximum atomic E-state index is 13.0. The molecular formula is C28H24Cl2IN3O5. The fourth-order valence-electron chi connectivity index (χ4n) is 3.92. The lowest BCUT2D eigenvalue weighted by atomic mass is 10.1. The third kappa shape index (κ3) is 6.84. The molecule has 39 heavy (non-hydrogen) atoms. The summed E-state index contributed by atoms with van der Waals surface area (Å²) in [4.78, 5) is 39.0. The van der Waals surface area contributed by atoms with Crippen LogP contribution in [0, 0.1) is 3.57 Å². The third-order valence-corrected chi connectivity index (χ3v) is 7.27. The highest BCUT2D eigenvalue weighted by Gasteiger charge is 2.35. The number of amides is 4. The molecular weight excluding hydrogens is 656 g/mol. The van der Waals surface area contributed by atoms with E-state index in [0.717, 1.165) is 22.4 Å². The zero-order valence-electron chi connectivity index (χ0n) is 21.0. The molecule has 0 bridgehead atoms. The van der Waals surface area contributed by atoms with Crippen molar-refractivity contribution < 1.29 is 23.9 Å². The number of urea groups is 1. The van der Waals surface area contributed by atoms with Crippen LogP contribution in [-0.2, 0) is 22.6 Å². The van der Waals surface area contributed by atoms with Gasteiger partial charge in [-0.25, -0.2) is 9.69 Å². The summed E-state index contributed by atoms with van der Waals surface area (Å²) in [5.41, 5.74) is 3.00. The number of carbonyl (C=O) groups is 3. The average molecular weight is 680 g/mol. The van der Waals surface area contributed by atoms with Gasteiger partial charge in [-0.1, -0.05) is 54.4 Å². The molecule has 1 saturated heterocycles. The molecule has 1 fully saturated rings. The van der Waals surface area contributed by atoms with E-state index < -0.39 is 24.4 Å². The molecule has 202 valence electrons. The lowest BCUT2D eigenvalue weighted by Crippen LogP contribution is -2.38. The zero-order valence-corrected chi connectivity index (χ0v) is 24.7. The first kappa shape index (κ1) is 28.7. The molecule has 2 N–H and O–H groups in total. The smallest absolute Gasteiger partial charge is 0.329 e. The van der Waals surface area contributed by atoms with Crippen LogP contribution >= 0.6 is 45.8 Å². The standard InChI is InChI=1S/C28H24Cl2IN3O5/c1-3-17-6-4-5-7-22(17)32-25(35)14-34-27(36)23(33-28(34)37)11-16-10-21(31)26(24(12-16)38-2)39-15-18-8-9-19(29)13-20(18)30/h4-13H,3,14-15H2,1-2H3,(H,32,35)(H,33,37)/b23-11+. The second kappa shape index (κ2) is 12.7. The van der Waals surface area contributed by atoms with Gasteiger partial charge in [-0.2, -0.15) is 0 Å². The van der Waals surface area contributed by atoms with E-state index in [1.54, 1.807) is 36.4 Å². The molecule has 1 heterocycles. The summed E-state index contributed by atoms with van der Waals surface area (Å²) in [5, 5.41) is 6.33. The molecule has 0 spiro atoms. The van der Waals surface area contributed by atoms with Gasteiger partial charge < -0.3 is 20.1 Å². The number of halogens is 3. The summed E-state index contributed by atoms with van der Waals surface area (Å²) in [7, 11) is 1.50. The summed E-state index contributed by atoms with van der Waals surface area (Å²) < 4.78 is 12.2. The number of nitrogens with zero attached hydrogens (tertiary/aromatic N) is 1. The molecule has 3 aromatic rings. The van der Waals surface area contributed by atoms with Crippen LogP contribution < -0.4 is 20.1 Å². The van der Waals surface area contributed by atoms with Crippen LogP contribution in [0.1, 0.15) is 23.6 Å². The van der Waals surface area contributed by atoms with Crippen molar-refractivity contribution >= 4 is 75.4 Å². The molecule has 4 amide bonds. The largest absolute Gasteiger partial charge is 0.493 e. The van der Waals surface area contributed by atoms with Gasteiger partial charge in [0.25, 0.3) is 5.91 Å². The molecule has 11 heteroatoms. The van der Waals surface area contributed by atoms with Crippen molar-refractivity contribution in [3.8, 4) is 11.5 Å². The van der Waals surface area contributed by atoms with Crippen molar-refractivity contribution in [1.29, 1.82) is 0 Å². The third-order valence-electron chi connectivity index (χ3n) is 5.89. The van der Waals surface area contributed by atoms with Gasteiger partial charge in [-0.3, -0.25) is 9.59 Å². The lowest BCUT2D eigenvalue weighted by molar-refractivity contribution is -0.127. The SMILES string of the molecule is CCc1ccccc1NC(=O)CN1C(=O)N/C(=C/c2cc(I)c(OCc3ccc(Cl)cc3Cl)c(OC)c2)C1=O. The van der Waals surface area contributed by atoms with Gasteiger partial charge in [-0.15, -0.1) is 0 Å². The highest BCUT2D eigenvalue weighted by molar-refractivity contribution is 14.1. The number of methoxy groups -OCH3 is 1. The minimum atomic E-state index is -0.674. The minimum Gasteiger partial charge on any atom is -0.493 e. The molecule has 1 aliphatic heterocycles. The predicted molar refractivity (Wildman–Crippen MR) is 159 cm³/mol. The molecule has 0 aromatic heterocycles. The van der Waals surface area contributed by atoms with Crippen LogP contribution in [0.5, 0.6) is 11.5 Å². The van der Waals surface area contributed by atoms with Gasteiger partial charge in [0.15, 0.2) is 11.5 Å². The Balaban J connectivity index is 1.48. The molecule has 3 aromatic carbocycles. The molecule has 1 aliphatic rings. The number of nitrogens with one attached hydrogen (secondary N) is 2. The Morgan fingerprint density at radius 2 is 1.87 bits per heavy atom. The van der Waals surface area contributed by atoms with Crippen LogP contribution in [0.3, 0.4) is 0 Å². The van der Waals surface area contributed by atoms with Crippen molar-refractivity contribution in [3.63, 3.8) is 0 Å². The summed E-state index contributed by atoms with van der Waals surface area (Å²) in [6.07, 6.45) is 2.25. The van der Waals surface area contributed by atoms with E-state index in [1.807, 2.05) is 25.1 Å². The summed E-state index contributed by atoms with van der Waals surface area (Å²) >= 11 is 14.3. The van der Waals surface area contributed by atoms with E-state index >= 15 is 0 Å². The quantitative estimate of drug-likeness (QED) is 0.158. The first-order valence-corrected chi connectivity index (χ1v) is 13.7. The van der Waals surface area contributed by atoms with E-state index in [2.05, 4.69) is 33.2 Å². The Morgan fingerprint density at radius 3 is 2.59 bits per heavy atom. The van der Waals surface area contributed by atoms with Gasteiger partial charge in [0.1, 0.15) is 18.8 Å². The van der Waals surface area contributed by atoms with Crippen LogP contribution in [0.25, 0.3) is 6.08 Å². The molecule has 0 atom stereocenters. The lowest BCUT2D eigenvalue weighted by Gasteiger charge is -2.14. The number of hydrogen-bond acceptors (Lipinski definition) is 5. The highest BCUT2D eigenvalue weighted by Crippen LogP contribution is 2.36. The van der Waals surface area contributed by atoms with Gasteiger partial charge in [0, 0.05) is 21.3 Å². The number of rotatable bonds is 9. The van der Waals surface area contributed by atoms with E-state index in [9.17, 15) is 14.4 Å². The van der Waals surface area contributed by atoms with Crippen molar-refractivity contribution in [3.05, 3.63) is 90.6 Å². The highest BCUT2D eigenvalue weighted by atomic mass is 127. The van der Waals surface area contributed by atoms with Crippen LogP contribution in [0.15, 0.2) is 60.3 Å². The normalized spacial score (nSPS) is 14.0. The van der Waals surface area contributed by atoms with Crippen LogP contribution in [0.2, 0.25) is 10.0 Å². The number of aryl methyl sites for hydroxylation is 1. The predicted octanol–water partition coefficient (Wildman–Crippen LogP) is 6.28. The summed E-state index contributed by atoms with van der Waals surface area (Å²) in [6.45, 7) is 1.75.